The number of hydrogen-bond acceptors (Lipinski definition) is 3. The molecule has 0 spiro atoms. The lowest BCUT2D eigenvalue weighted by molar-refractivity contribution is 1.31. The second kappa shape index (κ2) is 5.56. The third-order valence-electron chi connectivity index (χ3n) is 3.17. The normalized spacial score (nSPS) is 10.7. The van der Waals surface area contributed by atoms with Crippen LogP contribution in [-0.4, -0.2) is 4.98 Å². The van der Waals surface area contributed by atoms with Gasteiger partial charge in [0.25, 0.3) is 0 Å². The first-order valence-corrected chi connectivity index (χ1v) is 7.91. The maximum Gasteiger partial charge on any atom is 0.159 e. The molecule has 0 aliphatic carbocycles. The van der Waals surface area contributed by atoms with Crippen molar-refractivity contribution >= 4 is 36.2 Å². The number of aryl methyl sites for hydroxylation is 1. The van der Waals surface area contributed by atoms with Crippen LogP contribution in [0.4, 0.5) is 0 Å². The van der Waals surface area contributed by atoms with Crippen LogP contribution in [0.2, 0.25) is 0 Å². The molecule has 0 saturated carbocycles. The van der Waals surface area contributed by atoms with Crippen molar-refractivity contribution in [1.29, 1.82) is 0 Å². The van der Waals surface area contributed by atoms with E-state index in [0.717, 1.165) is 20.1 Å². The van der Waals surface area contributed by atoms with Gasteiger partial charge in [-0.25, -0.2) is 0 Å². The fourth-order valence-electron chi connectivity index (χ4n) is 2.14. The lowest BCUT2D eigenvalue weighted by atomic mass is 10.1. The summed E-state index contributed by atoms with van der Waals surface area (Å²) < 4.78 is 0.798. The van der Waals surface area contributed by atoms with Gasteiger partial charge in [-0.2, -0.15) is 0 Å². The minimum Gasteiger partial charge on any atom is -0.336 e. The highest BCUT2D eigenvalue weighted by molar-refractivity contribution is 7.80. The van der Waals surface area contributed by atoms with Crippen LogP contribution >= 0.6 is 36.2 Å². The molecule has 0 aliphatic heterocycles. The summed E-state index contributed by atoms with van der Waals surface area (Å²) in [5.41, 5.74) is 4.59. The van der Waals surface area contributed by atoms with Crippen LogP contribution in [-0.2, 0) is 0 Å². The topological polar surface area (TPSA) is 15.8 Å². The summed E-state index contributed by atoms with van der Waals surface area (Å²) in [6, 6.07) is 16.6. The van der Waals surface area contributed by atoms with Crippen molar-refractivity contribution in [3.05, 3.63) is 58.0 Å². The van der Waals surface area contributed by atoms with E-state index in [1.54, 1.807) is 11.3 Å². The van der Waals surface area contributed by atoms with E-state index in [2.05, 4.69) is 48.8 Å². The molecule has 0 amide bonds. The van der Waals surface area contributed by atoms with Crippen LogP contribution in [0, 0.1) is 10.9 Å². The third-order valence-corrected chi connectivity index (χ3v) is 4.96. The largest absolute Gasteiger partial charge is 0.336 e. The fraction of sp³-hybridized carbons (Fsp3) is 0.0625. The quantitative estimate of drug-likeness (QED) is 0.455. The van der Waals surface area contributed by atoms with Crippen molar-refractivity contribution in [1.82, 2.24) is 4.98 Å². The average molecular weight is 315 g/mol. The third kappa shape index (κ3) is 2.59. The van der Waals surface area contributed by atoms with Gasteiger partial charge in [0, 0.05) is 4.90 Å². The number of aromatic nitrogens is 1. The minimum atomic E-state index is 0.798. The lowest BCUT2D eigenvalue weighted by Gasteiger charge is -2.06. The zero-order chi connectivity index (χ0) is 14.1. The molecule has 0 saturated heterocycles. The first kappa shape index (κ1) is 13.6. The molecule has 0 bridgehead atoms. The highest BCUT2D eigenvalue weighted by atomic mass is 32.1. The van der Waals surface area contributed by atoms with E-state index in [-0.39, 0.29) is 0 Å². The minimum absolute atomic E-state index is 0.798. The molecule has 0 radical (unpaired) electrons. The SMILES string of the molecule is Cc1cc(-c2sc(=S)[nH]c2-c2ccccc2)ccc1S. The highest BCUT2D eigenvalue weighted by Crippen LogP contribution is 2.36. The van der Waals surface area contributed by atoms with E-state index in [9.17, 15) is 0 Å². The van der Waals surface area contributed by atoms with E-state index in [4.69, 9.17) is 12.2 Å². The van der Waals surface area contributed by atoms with Crippen molar-refractivity contribution in [3.8, 4) is 21.7 Å². The number of thiol groups is 1. The van der Waals surface area contributed by atoms with Gasteiger partial charge in [0.05, 0.1) is 10.6 Å². The number of rotatable bonds is 2. The van der Waals surface area contributed by atoms with E-state index in [1.807, 2.05) is 24.3 Å². The van der Waals surface area contributed by atoms with Crippen LogP contribution in [0.25, 0.3) is 21.7 Å². The molecule has 1 N–H and O–H groups in total. The first-order valence-electron chi connectivity index (χ1n) is 6.23. The lowest BCUT2D eigenvalue weighted by Crippen LogP contribution is -1.83. The summed E-state index contributed by atoms with van der Waals surface area (Å²) in [6.45, 7) is 2.07. The number of hydrogen-bond donors (Lipinski definition) is 2. The molecule has 0 atom stereocenters. The van der Waals surface area contributed by atoms with Gasteiger partial charge in [-0.05, 0) is 48.0 Å². The molecule has 2 aromatic carbocycles. The van der Waals surface area contributed by atoms with Crippen LogP contribution < -0.4 is 0 Å². The van der Waals surface area contributed by atoms with Crippen molar-refractivity contribution in [2.24, 2.45) is 0 Å². The van der Waals surface area contributed by atoms with E-state index >= 15 is 0 Å². The van der Waals surface area contributed by atoms with Crippen molar-refractivity contribution in [2.45, 2.75) is 11.8 Å². The average Bonchev–Trinajstić information content (AvgIpc) is 2.85. The van der Waals surface area contributed by atoms with Crippen molar-refractivity contribution in [2.75, 3.05) is 0 Å². The Bertz CT molecular complexity index is 800. The zero-order valence-electron chi connectivity index (χ0n) is 10.9. The van der Waals surface area contributed by atoms with Crippen LogP contribution in [0.3, 0.4) is 0 Å². The number of thiazole rings is 1. The van der Waals surface area contributed by atoms with E-state index in [1.165, 1.54) is 16.0 Å². The monoisotopic (exact) mass is 315 g/mol. The summed E-state index contributed by atoms with van der Waals surface area (Å²) in [6.07, 6.45) is 0. The Kier molecular flexibility index (Phi) is 3.78. The Morgan fingerprint density at radius 1 is 1.05 bits per heavy atom. The van der Waals surface area contributed by atoms with Crippen LogP contribution in [0.5, 0.6) is 0 Å². The predicted octanol–water partition coefficient (Wildman–Crippen LogP) is 5.74. The Hall–Kier alpha value is -1.36. The Morgan fingerprint density at radius 2 is 1.80 bits per heavy atom. The van der Waals surface area contributed by atoms with Gasteiger partial charge in [0.15, 0.2) is 3.95 Å². The standard InChI is InChI=1S/C16H13NS3/c1-10-9-12(7-8-13(10)18)15-14(17-16(19)20-15)11-5-3-2-4-6-11/h2-9,18H,1H3,(H,17,19). The smallest absolute Gasteiger partial charge is 0.159 e. The Labute approximate surface area is 132 Å². The van der Waals surface area contributed by atoms with Gasteiger partial charge in [0.2, 0.25) is 0 Å². The number of benzene rings is 2. The van der Waals surface area contributed by atoms with Gasteiger partial charge in [-0.1, -0.05) is 36.4 Å². The molecular formula is C16H13NS3. The summed E-state index contributed by atoms with van der Waals surface area (Å²) >= 11 is 11.4. The van der Waals surface area contributed by atoms with Crippen LogP contribution in [0.1, 0.15) is 5.56 Å². The Balaban J connectivity index is 2.19. The van der Waals surface area contributed by atoms with Crippen LogP contribution in [0.15, 0.2) is 53.4 Å². The summed E-state index contributed by atoms with van der Waals surface area (Å²) in [5.74, 6) is 0. The van der Waals surface area contributed by atoms with Gasteiger partial charge >= 0.3 is 0 Å². The molecular weight excluding hydrogens is 302 g/mol. The maximum atomic E-state index is 5.33. The molecule has 20 heavy (non-hydrogen) atoms. The summed E-state index contributed by atoms with van der Waals surface area (Å²) in [5, 5.41) is 0. The number of nitrogens with one attached hydrogen (secondary N) is 1. The molecule has 1 heterocycles. The van der Waals surface area contributed by atoms with Gasteiger partial charge in [-0.3, -0.25) is 0 Å². The van der Waals surface area contributed by atoms with Gasteiger partial charge < -0.3 is 4.98 Å². The van der Waals surface area contributed by atoms with Gasteiger partial charge in [-0.15, -0.1) is 24.0 Å². The van der Waals surface area contributed by atoms with E-state index in [0.29, 0.717) is 0 Å². The second-order valence-electron chi connectivity index (χ2n) is 4.59. The first-order chi connectivity index (χ1) is 9.65. The Morgan fingerprint density at radius 3 is 2.50 bits per heavy atom. The fourth-order valence-corrected chi connectivity index (χ4v) is 3.48. The predicted molar refractivity (Wildman–Crippen MR) is 92.4 cm³/mol. The zero-order valence-corrected chi connectivity index (χ0v) is 13.4. The summed E-state index contributed by atoms with van der Waals surface area (Å²) in [4.78, 5) is 5.49. The maximum absolute atomic E-state index is 5.33. The molecule has 100 valence electrons. The highest BCUT2D eigenvalue weighted by Gasteiger charge is 2.11. The molecule has 0 aliphatic rings. The molecule has 1 aromatic heterocycles. The molecule has 3 rings (SSSR count). The number of H-pyrrole nitrogens is 1. The van der Waals surface area contributed by atoms with E-state index < -0.39 is 0 Å². The van der Waals surface area contributed by atoms with Crippen molar-refractivity contribution in [3.63, 3.8) is 0 Å². The summed E-state index contributed by atoms with van der Waals surface area (Å²) in [7, 11) is 0. The molecule has 4 heteroatoms. The number of aromatic amines is 1. The van der Waals surface area contributed by atoms with Crippen molar-refractivity contribution < 1.29 is 0 Å². The van der Waals surface area contributed by atoms with Gasteiger partial charge in [0.1, 0.15) is 0 Å². The molecule has 0 fully saturated rings. The molecule has 0 unspecified atom stereocenters. The molecule has 3 aromatic rings. The molecule has 1 nitrogen and oxygen atoms in total. The second-order valence-corrected chi connectivity index (χ2v) is 6.76.